The number of rotatable bonds is 6. The summed E-state index contributed by atoms with van der Waals surface area (Å²) in [5.41, 5.74) is 0.712. The maximum Gasteiger partial charge on any atom is 0.331 e. The summed E-state index contributed by atoms with van der Waals surface area (Å²) in [6.07, 6.45) is 4.83. The predicted octanol–water partition coefficient (Wildman–Crippen LogP) is 2.19. The van der Waals surface area contributed by atoms with Gasteiger partial charge in [-0.25, -0.2) is 4.79 Å². The van der Waals surface area contributed by atoms with Crippen molar-refractivity contribution in [3.63, 3.8) is 0 Å². The molecule has 1 aromatic carbocycles. The van der Waals surface area contributed by atoms with Crippen molar-refractivity contribution in [2.24, 2.45) is 0 Å². The van der Waals surface area contributed by atoms with Crippen molar-refractivity contribution in [3.8, 4) is 0 Å². The minimum Gasteiger partial charge on any atom is -0.452 e. The number of hydrogen-bond acceptors (Lipinski definition) is 4. The van der Waals surface area contributed by atoms with Crippen LogP contribution in [0.4, 0.5) is 0 Å². The Morgan fingerprint density at radius 1 is 1.41 bits per heavy atom. The summed E-state index contributed by atoms with van der Waals surface area (Å²) < 4.78 is 10.2. The molecular formula is C16H18ClNO4. The standard InChI is InChI=1S/C16H18ClNO4/c17-14-6-2-1-4-12(14)7-8-16(20)22-11-15(19)18-10-13-5-3-9-21-13/h1-2,4,6-8,13H,3,5,9-11H2,(H,18,19). The van der Waals surface area contributed by atoms with Crippen molar-refractivity contribution >= 4 is 29.6 Å². The first kappa shape index (κ1) is 16.5. The zero-order valence-corrected chi connectivity index (χ0v) is 12.8. The molecule has 1 aliphatic rings. The molecule has 6 heteroatoms. The second-order valence-electron chi connectivity index (χ2n) is 4.90. The van der Waals surface area contributed by atoms with E-state index in [-0.39, 0.29) is 18.6 Å². The molecule has 1 unspecified atom stereocenters. The van der Waals surface area contributed by atoms with Crippen molar-refractivity contribution in [1.82, 2.24) is 5.32 Å². The number of esters is 1. The Bertz CT molecular complexity index is 553. The Labute approximate surface area is 134 Å². The van der Waals surface area contributed by atoms with Gasteiger partial charge in [-0.3, -0.25) is 4.79 Å². The van der Waals surface area contributed by atoms with Crippen LogP contribution >= 0.6 is 11.6 Å². The van der Waals surface area contributed by atoms with E-state index in [1.54, 1.807) is 24.3 Å². The number of hydrogen-bond donors (Lipinski definition) is 1. The minimum atomic E-state index is -0.591. The van der Waals surface area contributed by atoms with Crippen molar-refractivity contribution in [2.75, 3.05) is 19.8 Å². The molecule has 1 fully saturated rings. The number of carbonyl (C=O) groups is 2. The largest absolute Gasteiger partial charge is 0.452 e. The monoisotopic (exact) mass is 323 g/mol. The molecule has 1 saturated heterocycles. The quantitative estimate of drug-likeness (QED) is 0.644. The van der Waals surface area contributed by atoms with Gasteiger partial charge in [0.15, 0.2) is 6.61 Å². The highest BCUT2D eigenvalue weighted by Crippen LogP contribution is 2.16. The van der Waals surface area contributed by atoms with Gasteiger partial charge in [0.25, 0.3) is 5.91 Å². The Balaban J connectivity index is 1.68. The smallest absolute Gasteiger partial charge is 0.331 e. The Morgan fingerprint density at radius 2 is 2.23 bits per heavy atom. The van der Waals surface area contributed by atoms with E-state index < -0.39 is 5.97 Å². The highest BCUT2D eigenvalue weighted by atomic mass is 35.5. The molecule has 1 atom stereocenters. The Hall–Kier alpha value is -1.85. The van der Waals surface area contributed by atoms with Crippen LogP contribution in [0.5, 0.6) is 0 Å². The van der Waals surface area contributed by atoms with Gasteiger partial charge in [-0.05, 0) is 30.5 Å². The number of nitrogens with one attached hydrogen (secondary N) is 1. The Morgan fingerprint density at radius 3 is 2.95 bits per heavy atom. The summed E-state index contributed by atoms with van der Waals surface area (Å²) in [6, 6.07) is 7.12. The number of halogens is 1. The van der Waals surface area contributed by atoms with Gasteiger partial charge in [0.05, 0.1) is 6.10 Å². The van der Waals surface area contributed by atoms with Gasteiger partial charge in [0.2, 0.25) is 0 Å². The summed E-state index contributed by atoms with van der Waals surface area (Å²) >= 11 is 5.96. The normalized spacial score (nSPS) is 17.6. The molecule has 2 rings (SSSR count). The number of amides is 1. The first-order valence-corrected chi connectivity index (χ1v) is 7.50. The molecule has 0 radical (unpaired) electrons. The lowest BCUT2D eigenvalue weighted by atomic mass is 10.2. The average molecular weight is 324 g/mol. The van der Waals surface area contributed by atoms with E-state index in [0.717, 1.165) is 19.4 Å². The third-order valence-corrected chi connectivity index (χ3v) is 3.54. The lowest BCUT2D eigenvalue weighted by Gasteiger charge is -2.10. The van der Waals surface area contributed by atoms with Crippen LogP contribution in [0.2, 0.25) is 5.02 Å². The van der Waals surface area contributed by atoms with Crippen LogP contribution in [-0.2, 0) is 19.1 Å². The van der Waals surface area contributed by atoms with Crippen LogP contribution in [0.1, 0.15) is 18.4 Å². The maximum absolute atomic E-state index is 11.5. The average Bonchev–Trinajstić information content (AvgIpc) is 3.03. The molecule has 1 amide bonds. The lowest BCUT2D eigenvalue weighted by molar-refractivity contribution is -0.143. The van der Waals surface area contributed by atoms with Gasteiger partial charge < -0.3 is 14.8 Å². The third-order valence-electron chi connectivity index (χ3n) is 3.20. The van der Waals surface area contributed by atoms with Crippen molar-refractivity contribution in [2.45, 2.75) is 18.9 Å². The molecule has 1 aromatic rings. The summed E-state index contributed by atoms with van der Waals surface area (Å²) in [5.74, 6) is -0.929. The van der Waals surface area contributed by atoms with E-state index in [2.05, 4.69) is 5.32 Å². The molecule has 1 aliphatic heterocycles. The van der Waals surface area contributed by atoms with E-state index in [1.165, 1.54) is 6.08 Å². The number of benzene rings is 1. The van der Waals surface area contributed by atoms with Crippen LogP contribution in [0, 0.1) is 0 Å². The maximum atomic E-state index is 11.5. The fourth-order valence-electron chi connectivity index (χ4n) is 2.04. The Kier molecular flexibility index (Phi) is 6.43. The van der Waals surface area contributed by atoms with Crippen LogP contribution < -0.4 is 5.32 Å². The molecule has 0 spiro atoms. The van der Waals surface area contributed by atoms with E-state index in [9.17, 15) is 9.59 Å². The van der Waals surface area contributed by atoms with Crippen molar-refractivity contribution in [3.05, 3.63) is 40.9 Å². The summed E-state index contributed by atoms with van der Waals surface area (Å²) in [5, 5.41) is 3.22. The molecule has 1 heterocycles. The van der Waals surface area contributed by atoms with E-state index in [4.69, 9.17) is 21.1 Å². The lowest BCUT2D eigenvalue weighted by Crippen LogP contribution is -2.34. The number of carbonyl (C=O) groups excluding carboxylic acids is 2. The van der Waals surface area contributed by atoms with Crippen LogP contribution in [0.15, 0.2) is 30.3 Å². The van der Waals surface area contributed by atoms with Gasteiger partial charge in [0.1, 0.15) is 0 Å². The minimum absolute atomic E-state index is 0.0692. The summed E-state index contributed by atoms with van der Waals surface area (Å²) in [6.45, 7) is 0.882. The first-order chi connectivity index (χ1) is 10.6. The van der Waals surface area contributed by atoms with E-state index in [0.29, 0.717) is 17.1 Å². The van der Waals surface area contributed by atoms with Gasteiger partial charge in [-0.1, -0.05) is 29.8 Å². The molecular weight excluding hydrogens is 306 g/mol. The van der Waals surface area contributed by atoms with Crippen LogP contribution in [0.3, 0.4) is 0 Å². The fraction of sp³-hybridized carbons (Fsp3) is 0.375. The van der Waals surface area contributed by atoms with Gasteiger partial charge in [0, 0.05) is 24.3 Å². The molecule has 0 bridgehead atoms. The molecule has 22 heavy (non-hydrogen) atoms. The third kappa shape index (κ3) is 5.50. The SMILES string of the molecule is O=C(COC(=O)C=Cc1ccccc1Cl)NCC1CCCO1. The van der Waals surface area contributed by atoms with Crippen LogP contribution in [-0.4, -0.2) is 37.7 Å². The molecule has 0 aromatic heterocycles. The van der Waals surface area contributed by atoms with Gasteiger partial charge >= 0.3 is 5.97 Å². The van der Waals surface area contributed by atoms with E-state index in [1.807, 2.05) is 6.07 Å². The molecule has 1 N–H and O–H groups in total. The molecule has 5 nitrogen and oxygen atoms in total. The second kappa shape index (κ2) is 8.56. The zero-order chi connectivity index (χ0) is 15.8. The summed E-state index contributed by atoms with van der Waals surface area (Å²) in [7, 11) is 0. The highest BCUT2D eigenvalue weighted by Gasteiger charge is 2.16. The molecule has 0 aliphatic carbocycles. The van der Waals surface area contributed by atoms with Gasteiger partial charge in [-0.2, -0.15) is 0 Å². The van der Waals surface area contributed by atoms with Crippen LogP contribution in [0.25, 0.3) is 6.08 Å². The van der Waals surface area contributed by atoms with Crippen molar-refractivity contribution in [1.29, 1.82) is 0 Å². The molecule has 118 valence electrons. The fourth-order valence-corrected chi connectivity index (χ4v) is 2.24. The van der Waals surface area contributed by atoms with Crippen molar-refractivity contribution < 1.29 is 19.1 Å². The number of ether oxygens (including phenoxy) is 2. The second-order valence-corrected chi connectivity index (χ2v) is 5.31. The topological polar surface area (TPSA) is 64.6 Å². The zero-order valence-electron chi connectivity index (χ0n) is 12.1. The predicted molar refractivity (Wildman–Crippen MR) is 83.4 cm³/mol. The van der Waals surface area contributed by atoms with E-state index >= 15 is 0 Å². The molecule has 0 saturated carbocycles. The first-order valence-electron chi connectivity index (χ1n) is 7.13. The summed E-state index contributed by atoms with van der Waals surface area (Å²) in [4.78, 5) is 23.1. The highest BCUT2D eigenvalue weighted by molar-refractivity contribution is 6.32. The van der Waals surface area contributed by atoms with Gasteiger partial charge in [-0.15, -0.1) is 0 Å².